The number of fused-ring (bicyclic) bond motifs is 1. The van der Waals surface area contributed by atoms with Crippen LogP contribution in [0.1, 0.15) is 51.4 Å². The Morgan fingerprint density at radius 1 is 1.09 bits per heavy atom. The highest BCUT2D eigenvalue weighted by Crippen LogP contribution is 2.40. The molecule has 0 bridgehead atoms. The molecular formula is C16H22N2O5. The summed E-state index contributed by atoms with van der Waals surface area (Å²) in [6.07, 6.45) is 4.88. The van der Waals surface area contributed by atoms with Gasteiger partial charge in [0, 0.05) is 31.8 Å². The Kier molecular flexibility index (Phi) is 4.37. The Morgan fingerprint density at radius 2 is 1.74 bits per heavy atom. The van der Waals surface area contributed by atoms with Crippen molar-refractivity contribution in [1.82, 2.24) is 9.80 Å². The van der Waals surface area contributed by atoms with Crippen LogP contribution in [0.3, 0.4) is 0 Å². The van der Waals surface area contributed by atoms with Gasteiger partial charge in [-0.15, -0.1) is 0 Å². The summed E-state index contributed by atoms with van der Waals surface area (Å²) in [6, 6.07) is -0.761. The largest absolute Gasteiger partial charge is 0.480 e. The third-order valence-electron chi connectivity index (χ3n) is 5.37. The molecule has 0 aromatic rings. The standard InChI is InChI=1S/C16H22N2O5/c19-13-5-6-14(20)17(13)8-7-15(21)18-11-4-2-1-3-10(11)9-12(18)16(22)23/h10-12H,1-9H2,(H,22,23). The van der Waals surface area contributed by atoms with E-state index in [1.165, 1.54) is 4.90 Å². The number of nitrogens with zero attached hydrogens (tertiary/aromatic N) is 2. The monoisotopic (exact) mass is 322 g/mol. The third-order valence-corrected chi connectivity index (χ3v) is 5.37. The molecule has 0 aromatic carbocycles. The van der Waals surface area contributed by atoms with Crippen molar-refractivity contribution in [3.05, 3.63) is 0 Å². The molecule has 2 saturated heterocycles. The lowest BCUT2D eigenvalue weighted by atomic mass is 9.84. The van der Waals surface area contributed by atoms with Crippen molar-refractivity contribution in [1.29, 1.82) is 0 Å². The molecule has 126 valence electrons. The molecule has 3 aliphatic rings. The average molecular weight is 322 g/mol. The Morgan fingerprint density at radius 3 is 2.39 bits per heavy atom. The van der Waals surface area contributed by atoms with Crippen LogP contribution in [0, 0.1) is 5.92 Å². The second-order valence-electron chi connectivity index (χ2n) is 6.69. The Labute approximate surface area is 134 Å². The molecule has 3 rings (SSSR count). The Bertz CT molecular complexity index is 531. The van der Waals surface area contributed by atoms with Gasteiger partial charge in [0.05, 0.1) is 0 Å². The van der Waals surface area contributed by atoms with E-state index >= 15 is 0 Å². The molecule has 0 spiro atoms. The van der Waals surface area contributed by atoms with Gasteiger partial charge in [-0.25, -0.2) is 4.79 Å². The fourth-order valence-electron chi connectivity index (χ4n) is 4.25. The molecule has 3 fully saturated rings. The zero-order valence-corrected chi connectivity index (χ0v) is 13.1. The predicted molar refractivity (Wildman–Crippen MR) is 79.2 cm³/mol. The summed E-state index contributed by atoms with van der Waals surface area (Å²) in [5.41, 5.74) is 0. The van der Waals surface area contributed by atoms with E-state index in [0.29, 0.717) is 6.42 Å². The predicted octanol–water partition coefficient (Wildman–Crippen LogP) is 0.770. The number of imide groups is 1. The van der Waals surface area contributed by atoms with Gasteiger partial charge < -0.3 is 10.0 Å². The van der Waals surface area contributed by atoms with E-state index in [0.717, 1.165) is 30.6 Å². The molecule has 2 heterocycles. The maximum atomic E-state index is 12.6. The van der Waals surface area contributed by atoms with Gasteiger partial charge in [0.25, 0.3) is 0 Å². The molecule has 3 unspecified atom stereocenters. The first kappa shape index (κ1) is 16.0. The molecule has 1 N–H and O–H groups in total. The molecular weight excluding hydrogens is 300 g/mol. The fraction of sp³-hybridized carbons (Fsp3) is 0.750. The third kappa shape index (κ3) is 2.96. The highest BCUT2D eigenvalue weighted by atomic mass is 16.4. The first-order chi connectivity index (χ1) is 11.0. The lowest BCUT2D eigenvalue weighted by Gasteiger charge is -2.33. The summed E-state index contributed by atoms with van der Waals surface area (Å²) in [6.45, 7) is 0.0662. The van der Waals surface area contributed by atoms with Gasteiger partial charge in [-0.1, -0.05) is 12.8 Å². The SMILES string of the molecule is O=C(O)C1CC2CCCCC2N1C(=O)CCN1C(=O)CCC1=O. The minimum atomic E-state index is -0.957. The number of hydrogen-bond acceptors (Lipinski definition) is 4. The second kappa shape index (κ2) is 6.29. The summed E-state index contributed by atoms with van der Waals surface area (Å²) < 4.78 is 0. The molecule has 1 aliphatic carbocycles. The minimum Gasteiger partial charge on any atom is -0.480 e. The fourth-order valence-corrected chi connectivity index (χ4v) is 4.25. The van der Waals surface area contributed by atoms with E-state index in [2.05, 4.69) is 0 Å². The normalized spacial score (nSPS) is 30.7. The van der Waals surface area contributed by atoms with Crippen molar-refractivity contribution in [2.45, 2.75) is 63.5 Å². The van der Waals surface area contributed by atoms with E-state index in [-0.39, 0.29) is 55.5 Å². The number of carbonyl (C=O) groups excluding carboxylic acids is 3. The number of amides is 3. The number of carboxylic acids is 1. The summed E-state index contributed by atoms with van der Waals surface area (Å²) in [7, 11) is 0. The van der Waals surface area contributed by atoms with Gasteiger partial charge in [0.2, 0.25) is 17.7 Å². The quantitative estimate of drug-likeness (QED) is 0.771. The highest BCUT2D eigenvalue weighted by molar-refractivity contribution is 6.02. The van der Waals surface area contributed by atoms with Gasteiger partial charge in [-0.2, -0.15) is 0 Å². The lowest BCUT2D eigenvalue weighted by Crippen LogP contribution is -2.47. The van der Waals surface area contributed by atoms with Crippen molar-refractivity contribution in [2.24, 2.45) is 5.92 Å². The summed E-state index contributed by atoms with van der Waals surface area (Å²) in [5.74, 6) is -1.42. The van der Waals surface area contributed by atoms with E-state index < -0.39 is 12.0 Å². The Hall–Kier alpha value is -1.92. The zero-order valence-electron chi connectivity index (χ0n) is 13.1. The molecule has 7 heteroatoms. The average Bonchev–Trinajstić information content (AvgIpc) is 3.06. The van der Waals surface area contributed by atoms with Gasteiger partial charge in [-0.05, 0) is 25.2 Å². The summed E-state index contributed by atoms with van der Waals surface area (Å²) >= 11 is 0. The highest BCUT2D eigenvalue weighted by Gasteiger charge is 2.47. The van der Waals surface area contributed by atoms with Crippen LogP contribution in [0.25, 0.3) is 0 Å². The van der Waals surface area contributed by atoms with Crippen LogP contribution < -0.4 is 0 Å². The molecule has 3 amide bonds. The summed E-state index contributed by atoms with van der Waals surface area (Å²) in [4.78, 5) is 50.0. The zero-order chi connectivity index (χ0) is 16.6. The topological polar surface area (TPSA) is 95.0 Å². The van der Waals surface area contributed by atoms with E-state index in [1.54, 1.807) is 0 Å². The summed E-state index contributed by atoms with van der Waals surface area (Å²) in [5, 5.41) is 9.43. The molecule has 23 heavy (non-hydrogen) atoms. The van der Waals surface area contributed by atoms with E-state index in [4.69, 9.17) is 0 Å². The number of likely N-dealkylation sites (tertiary alicyclic amines) is 2. The van der Waals surface area contributed by atoms with Crippen LogP contribution in [0.2, 0.25) is 0 Å². The maximum Gasteiger partial charge on any atom is 0.326 e. The van der Waals surface area contributed by atoms with Gasteiger partial charge in [-0.3, -0.25) is 19.3 Å². The molecule has 7 nitrogen and oxygen atoms in total. The second-order valence-corrected chi connectivity index (χ2v) is 6.69. The van der Waals surface area contributed by atoms with Crippen molar-refractivity contribution < 1.29 is 24.3 Å². The first-order valence-corrected chi connectivity index (χ1v) is 8.36. The van der Waals surface area contributed by atoms with E-state index in [9.17, 15) is 24.3 Å². The van der Waals surface area contributed by atoms with Crippen LogP contribution in [-0.2, 0) is 19.2 Å². The molecule has 3 atom stereocenters. The number of rotatable bonds is 4. The number of carbonyl (C=O) groups is 4. The van der Waals surface area contributed by atoms with Crippen LogP contribution >= 0.6 is 0 Å². The van der Waals surface area contributed by atoms with Gasteiger partial charge >= 0.3 is 5.97 Å². The smallest absolute Gasteiger partial charge is 0.326 e. The van der Waals surface area contributed by atoms with Crippen LogP contribution in [0.5, 0.6) is 0 Å². The van der Waals surface area contributed by atoms with E-state index in [1.807, 2.05) is 0 Å². The lowest BCUT2D eigenvalue weighted by molar-refractivity contribution is -0.150. The number of hydrogen-bond donors (Lipinski definition) is 1. The van der Waals surface area contributed by atoms with Gasteiger partial charge in [0.1, 0.15) is 6.04 Å². The number of carboxylic acid groups (broad SMARTS) is 1. The molecule has 1 saturated carbocycles. The maximum absolute atomic E-state index is 12.6. The van der Waals surface area contributed by atoms with Crippen molar-refractivity contribution in [3.8, 4) is 0 Å². The minimum absolute atomic E-state index is 0.00216. The Balaban J connectivity index is 1.67. The molecule has 0 radical (unpaired) electrons. The van der Waals surface area contributed by atoms with Crippen molar-refractivity contribution in [2.75, 3.05) is 6.54 Å². The van der Waals surface area contributed by atoms with Crippen molar-refractivity contribution in [3.63, 3.8) is 0 Å². The van der Waals surface area contributed by atoms with Crippen LogP contribution in [0.4, 0.5) is 0 Å². The molecule has 0 aromatic heterocycles. The molecule has 2 aliphatic heterocycles. The van der Waals surface area contributed by atoms with Gasteiger partial charge in [0.15, 0.2) is 0 Å². The number of aliphatic carboxylic acids is 1. The van der Waals surface area contributed by atoms with Crippen LogP contribution in [-0.4, -0.2) is 57.2 Å². The van der Waals surface area contributed by atoms with Crippen molar-refractivity contribution >= 4 is 23.7 Å². The first-order valence-electron chi connectivity index (χ1n) is 8.36. The van der Waals surface area contributed by atoms with Crippen LogP contribution in [0.15, 0.2) is 0 Å².